The van der Waals surface area contributed by atoms with E-state index in [4.69, 9.17) is 5.11 Å². The van der Waals surface area contributed by atoms with Crippen molar-refractivity contribution in [3.63, 3.8) is 0 Å². The molecule has 0 aliphatic heterocycles. The molecule has 0 bridgehead atoms. The molecule has 2 N–H and O–H groups in total. The second-order valence-corrected chi connectivity index (χ2v) is 4.25. The maximum Gasteiger partial charge on any atom is 0.326 e. The Bertz CT molecular complexity index is 672. The van der Waals surface area contributed by atoms with Gasteiger partial charge in [-0.05, 0) is 18.6 Å². The van der Waals surface area contributed by atoms with E-state index in [2.05, 4.69) is 10.3 Å². The number of rotatable bonds is 5. The fourth-order valence-corrected chi connectivity index (χ4v) is 1.99. The second kappa shape index (κ2) is 5.52. The molecule has 0 saturated carbocycles. The zero-order chi connectivity index (χ0) is 14.7. The van der Waals surface area contributed by atoms with Crippen LogP contribution in [0.3, 0.4) is 0 Å². The van der Waals surface area contributed by atoms with E-state index in [1.807, 2.05) is 0 Å². The van der Waals surface area contributed by atoms with E-state index >= 15 is 0 Å². The lowest BCUT2D eigenvalue weighted by atomic mass is 10.1. The molecular formula is C13H13N3O4. The number of nitro groups is 1. The van der Waals surface area contributed by atoms with Crippen molar-refractivity contribution in [2.75, 3.05) is 5.32 Å². The van der Waals surface area contributed by atoms with Gasteiger partial charge >= 0.3 is 5.97 Å². The Balaban J connectivity index is 2.53. The van der Waals surface area contributed by atoms with E-state index in [9.17, 15) is 14.9 Å². The molecule has 2 aromatic rings. The quantitative estimate of drug-likeness (QED) is 0.641. The van der Waals surface area contributed by atoms with Gasteiger partial charge in [0, 0.05) is 29.5 Å². The van der Waals surface area contributed by atoms with Gasteiger partial charge < -0.3 is 10.4 Å². The van der Waals surface area contributed by atoms with Crippen LogP contribution in [0.5, 0.6) is 0 Å². The third-order valence-electron chi connectivity index (χ3n) is 3.03. The molecule has 0 radical (unpaired) electrons. The van der Waals surface area contributed by atoms with E-state index in [1.165, 1.54) is 24.5 Å². The number of pyridine rings is 1. The number of nitro benzene ring substituents is 1. The molecule has 1 aromatic heterocycles. The maximum atomic E-state index is 11.1. The van der Waals surface area contributed by atoms with E-state index < -0.39 is 16.9 Å². The number of fused-ring (bicyclic) bond motifs is 1. The van der Waals surface area contributed by atoms with Crippen LogP contribution in [0.25, 0.3) is 10.8 Å². The van der Waals surface area contributed by atoms with Crippen LogP contribution in [0.4, 0.5) is 11.4 Å². The molecule has 7 heteroatoms. The first-order chi connectivity index (χ1) is 9.54. The molecule has 7 nitrogen and oxygen atoms in total. The Morgan fingerprint density at radius 3 is 2.80 bits per heavy atom. The molecule has 0 fully saturated rings. The van der Waals surface area contributed by atoms with Gasteiger partial charge in [0.25, 0.3) is 5.69 Å². The average molecular weight is 275 g/mol. The first-order valence-electron chi connectivity index (χ1n) is 6.05. The summed E-state index contributed by atoms with van der Waals surface area (Å²) in [6.07, 6.45) is 3.35. The van der Waals surface area contributed by atoms with E-state index in [1.54, 1.807) is 13.0 Å². The zero-order valence-electron chi connectivity index (χ0n) is 10.7. The van der Waals surface area contributed by atoms with Gasteiger partial charge in [0.1, 0.15) is 6.04 Å². The average Bonchev–Trinajstić information content (AvgIpc) is 2.43. The number of carboxylic acids is 1. The molecular weight excluding hydrogens is 262 g/mol. The van der Waals surface area contributed by atoms with Crippen molar-refractivity contribution in [1.82, 2.24) is 4.98 Å². The third kappa shape index (κ3) is 2.51. The first kappa shape index (κ1) is 13.7. The SMILES string of the molecule is CCC(Nc1ccc([N+](=O)[O-])c2ccncc12)C(=O)O. The molecule has 0 saturated heterocycles. The summed E-state index contributed by atoms with van der Waals surface area (Å²) in [4.78, 5) is 25.5. The minimum Gasteiger partial charge on any atom is -0.480 e. The van der Waals surface area contributed by atoms with Crippen LogP contribution in [0, 0.1) is 10.1 Å². The van der Waals surface area contributed by atoms with Crippen LogP contribution >= 0.6 is 0 Å². The molecule has 0 aliphatic carbocycles. The molecule has 20 heavy (non-hydrogen) atoms. The molecule has 0 spiro atoms. The van der Waals surface area contributed by atoms with Crippen molar-refractivity contribution in [1.29, 1.82) is 0 Å². The normalized spacial score (nSPS) is 12.1. The summed E-state index contributed by atoms with van der Waals surface area (Å²) < 4.78 is 0. The number of nitrogens with one attached hydrogen (secondary N) is 1. The van der Waals surface area contributed by atoms with Crippen LogP contribution in [-0.2, 0) is 4.79 Å². The van der Waals surface area contributed by atoms with Crippen LogP contribution in [0.15, 0.2) is 30.6 Å². The fraction of sp³-hybridized carbons (Fsp3) is 0.231. The molecule has 0 aliphatic rings. The predicted molar refractivity (Wildman–Crippen MR) is 73.7 cm³/mol. The monoisotopic (exact) mass is 275 g/mol. The standard InChI is InChI=1S/C13H13N3O4/c1-2-10(13(17)18)15-11-3-4-12(16(19)20)8-5-6-14-7-9(8)11/h3-7,10,15H,2H2,1H3,(H,17,18). The van der Waals surface area contributed by atoms with Gasteiger partial charge in [0.15, 0.2) is 0 Å². The molecule has 104 valence electrons. The Morgan fingerprint density at radius 1 is 1.45 bits per heavy atom. The van der Waals surface area contributed by atoms with Gasteiger partial charge in [-0.15, -0.1) is 0 Å². The highest BCUT2D eigenvalue weighted by Crippen LogP contribution is 2.31. The summed E-state index contributed by atoms with van der Waals surface area (Å²) in [5.74, 6) is -0.970. The van der Waals surface area contributed by atoms with Gasteiger partial charge in [-0.25, -0.2) is 4.79 Å². The number of carbonyl (C=O) groups is 1. The Kier molecular flexibility index (Phi) is 3.79. The van der Waals surface area contributed by atoms with Gasteiger partial charge in [-0.1, -0.05) is 6.92 Å². The highest BCUT2D eigenvalue weighted by molar-refractivity contribution is 5.99. The highest BCUT2D eigenvalue weighted by atomic mass is 16.6. The summed E-state index contributed by atoms with van der Waals surface area (Å²) in [6, 6.07) is 3.66. The van der Waals surface area contributed by atoms with Gasteiger partial charge in [0.2, 0.25) is 0 Å². The number of aromatic nitrogens is 1. The number of hydrogen-bond acceptors (Lipinski definition) is 5. The lowest BCUT2D eigenvalue weighted by Gasteiger charge is -2.15. The van der Waals surface area contributed by atoms with Crippen LogP contribution in [0.1, 0.15) is 13.3 Å². The van der Waals surface area contributed by atoms with Crippen LogP contribution < -0.4 is 5.32 Å². The van der Waals surface area contributed by atoms with Gasteiger partial charge in [-0.3, -0.25) is 15.1 Å². The third-order valence-corrected chi connectivity index (χ3v) is 3.03. The number of benzene rings is 1. The zero-order valence-corrected chi connectivity index (χ0v) is 10.7. The lowest BCUT2D eigenvalue weighted by molar-refractivity contribution is -0.383. The van der Waals surface area contributed by atoms with Gasteiger partial charge in [0.05, 0.1) is 10.3 Å². The number of hydrogen-bond donors (Lipinski definition) is 2. The molecule has 2 rings (SSSR count). The Hall–Kier alpha value is -2.70. The predicted octanol–water partition coefficient (Wildman–Crippen LogP) is 2.42. The Morgan fingerprint density at radius 2 is 2.20 bits per heavy atom. The smallest absolute Gasteiger partial charge is 0.326 e. The fourth-order valence-electron chi connectivity index (χ4n) is 1.99. The summed E-state index contributed by atoms with van der Waals surface area (Å²) in [5, 5.41) is 23.9. The van der Waals surface area contributed by atoms with Crippen LogP contribution in [-0.4, -0.2) is 27.0 Å². The summed E-state index contributed by atoms with van der Waals surface area (Å²) in [6.45, 7) is 1.75. The van der Waals surface area contributed by atoms with Crippen molar-refractivity contribution in [2.24, 2.45) is 0 Å². The number of carboxylic acid groups (broad SMARTS) is 1. The van der Waals surface area contributed by atoms with E-state index in [0.717, 1.165) is 0 Å². The molecule has 0 amide bonds. The number of aliphatic carboxylic acids is 1. The highest BCUT2D eigenvalue weighted by Gasteiger charge is 2.18. The summed E-state index contributed by atoms with van der Waals surface area (Å²) >= 11 is 0. The first-order valence-corrected chi connectivity index (χ1v) is 6.05. The number of anilines is 1. The minimum atomic E-state index is -0.970. The number of non-ortho nitro benzene ring substituents is 1. The number of nitrogens with zero attached hydrogens (tertiary/aromatic N) is 2. The van der Waals surface area contributed by atoms with Crippen molar-refractivity contribution in [3.05, 3.63) is 40.7 Å². The molecule has 1 unspecified atom stereocenters. The second-order valence-electron chi connectivity index (χ2n) is 4.25. The maximum absolute atomic E-state index is 11.1. The van der Waals surface area contributed by atoms with E-state index in [-0.39, 0.29) is 5.69 Å². The molecule has 1 atom stereocenters. The lowest BCUT2D eigenvalue weighted by Crippen LogP contribution is -2.28. The largest absolute Gasteiger partial charge is 0.480 e. The molecule has 1 heterocycles. The van der Waals surface area contributed by atoms with E-state index in [0.29, 0.717) is 22.9 Å². The van der Waals surface area contributed by atoms with Gasteiger partial charge in [-0.2, -0.15) is 0 Å². The van der Waals surface area contributed by atoms with Crippen molar-refractivity contribution in [3.8, 4) is 0 Å². The summed E-state index contributed by atoms with van der Waals surface area (Å²) in [7, 11) is 0. The summed E-state index contributed by atoms with van der Waals surface area (Å²) in [5.41, 5.74) is 0.490. The molecule has 1 aromatic carbocycles. The Labute approximate surface area is 114 Å². The topological polar surface area (TPSA) is 105 Å². The van der Waals surface area contributed by atoms with Crippen molar-refractivity contribution < 1.29 is 14.8 Å². The minimum absolute atomic E-state index is 0.0312. The van der Waals surface area contributed by atoms with Crippen molar-refractivity contribution in [2.45, 2.75) is 19.4 Å². The van der Waals surface area contributed by atoms with Crippen LogP contribution in [0.2, 0.25) is 0 Å². The van der Waals surface area contributed by atoms with Crippen molar-refractivity contribution >= 4 is 28.1 Å².